The second-order valence-electron chi connectivity index (χ2n) is 5.18. The first-order chi connectivity index (χ1) is 8.81. The zero-order valence-electron chi connectivity index (χ0n) is 11.8. The molecule has 0 aliphatic rings. The Balaban J connectivity index is 2.43. The van der Waals surface area contributed by atoms with Crippen LogP contribution in [0, 0.1) is 0 Å². The van der Waals surface area contributed by atoms with Gasteiger partial charge in [-0.1, -0.05) is 6.07 Å². The lowest BCUT2D eigenvalue weighted by Gasteiger charge is -2.19. The van der Waals surface area contributed by atoms with Crippen LogP contribution in [0.1, 0.15) is 26.3 Å². The van der Waals surface area contributed by atoms with Crippen molar-refractivity contribution in [3.05, 3.63) is 23.8 Å². The molecule has 0 radical (unpaired) electrons. The fourth-order valence-corrected chi connectivity index (χ4v) is 1.50. The molecule has 5 nitrogen and oxygen atoms in total. The van der Waals surface area contributed by atoms with Gasteiger partial charge in [0.15, 0.2) is 0 Å². The summed E-state index contributed by atoms with van der Waals surface area (Å²) in [7, 11) is 1.54. The molecule has 106 valence electrons. The van der Waals surface area contributed by atoms with Gasteiger partial charge in [-0.3, -0.25) is 4.79 Å². The van der Waals surface area contributed by atoms with Crippen molar-refractivity contribution in [2.45, 2.75) is 32.9 Å². The van der Waals surface area contributed by atoms with Crippen molar-refractivity contribution in [1.82, 2.24) is 5.32 Å². The number of benzene rings is 1. The summed E-state index contributed by atoms with van der Waals surface area (Å²) in [5.41, 5.74) is 0.213. The third-order valence-electron chi connectivity index (χ3n) is 2.30. The highest BCUT2D eigenvalue weighted by Crippen LogP contribution is 2.22. The summed E-state index contributed by atoms with van der Waals surface area (Å²) in [5, 5.41) is 12.7. The van der Waals surface area contributed by atoms with E-state index in [0.29, 0.717) is 17.9 Å². The number of phenols is 1. The number of hydrogen-bond acceptors (Lipinski definition) is 5. The molecule has 19 heavy (non-hydrogen) atoms. The molecule has 0 aliphatic heterocycles. The van der Waals surface area contributed by atoms with E-state index in [9.17, 15) is 9.90 Å². The summed E-state index contributed by atoms with van der Waals surface area (Å²) in [5.74, 6) is 0.407. The van der Waals surface area contributed by atoms with Crippen LogP contribution in [0.25, 0.3) is 0 Å². The predicted molar refractivity (Wildman–Crippen MR) is 72.2 cm³/mol. The van der Waals surface area contributed by atoms with E-state index in [4.69, 9.17) is 9.47 Å². The lowest BCUT2D eigenvalue weighted by Crippen LogP contribution is -2.31. The third kappa shape index (κ3) is 5.61. The van der Waals surface area contributed by atoms with E-state index in [2.05, 4.69) is 5.32 Å². The molecule has 0 aliphatic carbocycles. The van der Waals surface area contributed by atoms with Gasteiger partial charge < -0.3 is 19.9 Å². The summed E-state index contributed by atoms with van der Waals surface area (Å²) in [4.78, 5) is 11.5. The number of rotatable bonds is 5. The van der Waals surface area contributed by atoms with Gasteiger partial charge in [-0.05, 0) is 26.8 Å². The minimum atomic E-state index is -0.485. The molecule has 0 aromatic heterocycles. The van der Waals surface area contributed by atoms with Gasteiger partial charge in [0.1, 0.15) is 17.1 Å². The number of methoxy groups -OCH3 is 1. The van der Waals surface area contributed by atoms with Crippen molar-refractivity contribution in [3.63, 3.8) is 0 Å². The van der Waals surface area contributed by atoms with E-state index >= 15 is 0 Å². The maximum atomic E-state index is 11.5. The molecule has 0 spiro atoms. The van der Waals surface area contributed by atoms with Gasteiger partial charge in [0.25, 0.3) is 0 Å². The Morgan fingerprint density at radius 3 is 2.58 bits per heavy atom. The van der Waals surface area contributed by atoms with Crippen LogP contribution in [0.4, 0.5) is 0 Å². The highest BCUT2D eigenvalue weighted by molar-refractivity contribution is 5.72. The molecule has 2 N–H and O–H groups in total. The van der Waals surface area contributed by atoms with Gasteiger partial charge in [0, 0.05) is 18.2 Å². The molecule has 0 bridgehead atoms. The molecular weight excluding hydrogens is 246 g/mol. The first-order valence-electron chi connectivity index (χ1n) is 6.10. The predicted octanol–water partition coefficient (Wildman–Crippen LogP) is 1.83. The van der Waals surface area contributed by atoms with Crippen LogP contribution in [0.3, 0.4) is 0 Å². The van der Waals surface area contributed by atoms with E-state index in [-0.39, 0.29) is 18.3 Å². The number of esters is 1. The molecule has 0 unspecified atom stereocenters. The van der Waals surface area contributed by atoms with Gasteiger partial charge in [-0.15, -0.1) is 0 Å². The average molecular weight is 267 g/mol. The summed E-state index contributed by atoms with van der Waals surface area (Å²) < 4.78 is 10.2. The zero-order valence-corrected chi connectivity index (χ0v) is 11.8. The van der Waals surface area contributed by atoms with Crippen LogP contribution in [0.5, 0.6) is 11.5 Å². The Labute approximate surface area is 113 Å². The van der Waals surface area contributed by atoms with Crippen LogP contribution >= 0.6 is 0 Å². The Morgan fingerprint density at radius 2 is 2.05 bits per heavy atom. The summed E-state index contributed by atoms with van der Waals surface area (Å²) >= 11 is 0. The van der Waals surface area contributed by atoms with E-state index in [0.717, 1.165) is 0 Å². The summed E-state index contributed by atoms with van der Waals surface area (Å²) in [6, 6.07) is 5.03. The first-order valence-corrected chi connectivity index (χ1v) is 6.10. The van der Waals surface area contributed by atoms with Crippen molar-refractivity contribution >= 4 is 5.97 Å². The smallest absolute Gasteiger partial charge is 0.320 e. The van der Waals surface area contributed by atoms with Gasteiger partial charge in [-0.2, -0.15) is 0 Å². The molecular formula is C14H21NO4. The Bertz CT molecular complexity index is 438. The van der Waals surface area contributed by atoms with Crippen LogP contribution in [0.2, 0.25) is 0 Å². The minimum absolute atomic E-state index is 0.0999. The van der Waals surface area contributed by atoms with Gasteiger partial charge in [-0.25, -0.2) is 0 Å². The van der Waals surface area contributed by atoms with Gasteiger partial charge in [0.2, 0.25) is 0 Å². The maximum absolute atomic E-state index is 11.5. The first kappa shape index (κ1) is 15.3. The van der Waals surface area contributed by atoms with Crippen molar-refractivity contribution in [1.29, 1.82) is 0 Å². The molecule has 0 fully saturated rings. The average Bonchev–Trinajstić information content (AvgIpc) is 2.28. The largest absolute Gasteiger partial charge is 0.507 e. The van der Waals surface area contributed by atoms with E-state index in [1.165, 1.54) is 13.2 Å². The van der Waals surface area contributed by atoms with Crippen LogP contribution in [0.15, 0.2) is 18.2 Å². The quantitative estimate of drug-likeness (QED) is 0.797. The third-order valence-corrected chi connectivity index (χ3v) is 2.30. The molecule has 1 rings (SSSR count). The lowest BCUT2D eigenvalue weighted by atomic mass is 10.2. The summed E-state index contributed by atoms with van der Waals surface area (Å²) in [6.07, 6.45) is 0. The Hall–Kier alpha value is -1.75. The van der Waals surface area contributed by atoms with Crippen LogP contribution in [-0.2, 0) is 16.1 Å². The van der Waals surface area contributed by atoms with E-state index in [1.54, 1.807) is 12.1 Å². The van der Waals surface area contributed by atoms with E-state index in [1.807, 2.05) is 20.8 Å². The number of phenolic OH excluding ortho intramolecular Hbond substituents is 1. The molecule has 1 aromatic carbocycles. The Kier molecular flexibility index (Phi) is 5.18. The SMILES string of the molecule is COc1ccc(CNCC(=O)OC(C)(C)C)c(O)c1. The molecule has 0 amide bonds. The standard InChI is InChI=1S/C14H21NO4/c1-14(2,3)19-13(17)9-15-8-10-5-6-11(18-4)7-12(10)16/h5-7,15-16H,8-9H2,1-4H3. The Morgan fingerprint density at radius 1 is 1.37 bits per heavy atom. The molecule has 0 atom stereocenters. The monoisotopic (exact) mass is 267 g/mol. The lowest BCUT2D eigenvalue weighted by molar-refractivity contribution is -0.153. The van der Waals surface area contributed by atoms with Crippen molar-refractivity contribution < 1.29 is 19.4 Å². The van der Waals surface area contributed by atoms with Crippen LogP contribution in [-0.4, -0.2) is 30.3 Å². The molecule has 0 heterocycles. The minimum Gasteiger partial charge on any atom is -0.507 e. The van der Waals surface area contributed by atoms with E-state index < -0.39 is 5.60 Å². The highest BCUT2D eigenvalue weighted by Gasteiger charge is 2.15. The number of aromatic hydroxyl groups is 1. The topological polar surface area (TPSA) is 67.8 Å². The normalized spacial score (nSPS) is 11.2. The molecule has 5 heteroatoms. The second kappa shape index (κ2) is 6.43. The molecule has 0 saturated heterocycles. The zero-order chi connectivity index (χ0) is 14.5. The second-order valence-corrected chi connectivity index (χ2v) is 5.18. The number of carbonyl (C=O) groups excluding carboxylic acids is 1. The highest BCUT2D eigenvalue weighted by atomic mass is 16.6. The van der Waals surface area contributed by atoms with Gasteiger partial charge >= 0.3 is 5.97 Å². The number of nitrogens with one attached hydrogen (secondary N) is 1. The molecule has 1 aromatic rings. The summed E-state index contributed by atoms with van der Waals surface area (Å²) in [6.45, 7) is 5.94. The molecule has 0 saturated carbocycles. The van der Waals surface area contributed by atoms with Crippen molar-refractivity contribution in [2.24, 2.45) is 0 Å². The van der Waals surface area contributed by atoms with Crippen molar-refractivity contribution in [3.8, 4) is 11.5 Å². The fourth-order valence-electron chi connectivity index (χ4n) is 1.50. The number of carbonyl (C=O) groups is 1. The van der Waals surface area contributed by atoms with Gasteiger partial charge in [0.05, 0.1) is 13.7 Å². The van der Waals surface area contributed by atoms with Crippen molar-refractivity contribution in [2.75, 3.05) is 13.7 Å². The maximum Gasteiger partial charge on any atom is 0.320 e. The number of hydrogen-bond donors (Lipinski definition) is 2. The fraction of sp³-hybridized carbons (Fsp3) is 0.500. The van der Waals surface area contributed by atoms with Crippen LogP contribution < -0.4 is 10.1 Å². The number of ether oxygens (including phenoxy) is 2.